The molecule has 0 aliphatic carbocycles. The molecular formula is C10H10N2. The molecule has 1 N–H and O–H groups in total. The molecule has 0 fully saturated rings. The van der Waals surface area contributed by atoms with Crippen molar-refractivity contribution in [1.82, 2.24) is 9.97 Å². The third-order valence-corrected chi connectivity index (χ3v) is 1.83. The fraction of sp³-hybridized carbons (Fsp3) is 0.100. The molecule has 0 aliphatic rings. The molecule has 0 atom stereocenters. The van der Waals surface area contributed by atoms with Crippen LogP contribution < -0.4 is 0 Å². The third-order valence-electron chi connectivity index (χ3n) is 1.83. The average molecular weight is 158 g/mol. The van der Waals surface area contributed by atoms with Gasteiger partial charge in [-0.3, -0.25) is 0 Å². The Morgan fingerprint density at radius 1 is 1.50 bits per heavy atom. The molecule has 2 nitrogen and oxygen atoms in total. The van der Waals surface area contributed by atoms with Crippen molar-refractivity contribution in [3.05, 3.63) is 36.2 Å². The Balaban J connectivity index is 2.70. The smallest absolute Gasteiger partial charge is 0.137 e. The van der Waals surface area contributed by atoms with E-state index in [0.29, 0.717) is 0 Å². The molecule has 0 aliphatic heterocycles. The molecule has 0 saturated carbocycles. The first kappa shape index (κ1) is 7.10. The van der Waals surface area contributed by atoms with E-state index in [1.165, 1.54) is 10.9 Å². The zero-order valence-electron chi connectivity index (χ0n) is 6.91. The number of nitrogens with zero attached hydrogens (tertiary/aromatic N) is 1. The zero-order chi connectivity index (χ0) is 8.39. The van der Waals surface area contributed by atoms with Crippen LogP contribution in [0.1, 0.15) is 12.5 Å². The monoisotopic (exact) mass is 158 g/mol. The molecule has 0 bridgehead atoms. The summed E-state index contributed by atoms with van der Waals surface area (Å²) in [5, 5.41) is 1.18. The van der Waals surface area contributed by atoms with Crippen molar-refractivity contribution in [3.63, 3.8) is 0 Å². The molecule has 60 valence electrons. The molecule has 0 radical (unpaired) electrons. The van der Waals surface area contributed by atoms with Crippen LogP contribution in [0.4, 0.5) is 0 Å². The second-order valence-corrected chi connectivity index (χ2v) is 2.64. The largest absolute Gasteiger partial charge is 0.346 e. The summed E-state index contributed by atoms with van der Waals surface area (Å²) in [5.41, 5.74) is 2.14. The number of fused-ring (bicyclic) bond motifs is 1. The van der Waals surface area contributed by atoms with Crippen LogP contribution in [0.15, 0.2) is 30.6 Å². The highest BCUT2D eigenvalue weighted by atomic mass is 14.8. The van der Waals surface area contributed by atoms with Crippen LogP contribution in [0.5, 0.6) is 0 Å². The van der Waals surface area contributed by atoms with Gasteiger partial charge in [-0.25, -0.2) is 4.98 Å². The van der Waals surface area contributed by atoms with Gasteiger partial charge in [0.05, 0.1) is 0 Å². The molecule has 0 amide bonds. The lowest BCUT2D eigenvalue weighted by molar-refractivity contribution is 1.33. The van der Waals surface area contributed by atoms with Gasteiger partial charge >= 0.3 is 0 Å². The van der Waals surface area contributed by atoms with E-state index in [2.05, 4.69) is 22.1 Å². The molecule has 2 aromatic rings. The van der Waals surface area contributed by atoms with Crippen molar-refractivity contribution in [2.75, 3.05) is 0 Å². The molecular weight excluding hydrogens is 148 g/mol. The maximum absolute atomic E-state index is 4.19. The van der Waals surface area contributed by atoms with Crippen molar-refractivity contribution in [3.8, 4) is 0 Å². The van der Waals surface area contributed by atoms with Gasteiger partial charge in [-0.15, -0.1) is 0 Å². The van der Waals surface area contributed by atoms with Gasteiger partial charge < -0.3 is 4.98 Å². The molecule has 0 spiro atoms. The lowest BCUT2D eigenvalue weighted by Gasteiger charge is -1.88. The van der Waals surface area contributed by atoms with E-state index >= 15 is 0 Å². The summed E-state index contributed by atoms with van der Waals surface area (Å²) in [6.07, 6.45) is 7.85. The summed E-state index contributed by atoms with van der Waals surface area (Å²) >= 11 is 0. The number of aromatic amines is 1. The highest BCUT2D eigenvalue weighted by Crippen LogP contribution is 2.16. The standard InChI is InChI=1S/C10H10N2/c1-2-4-8-7-12-10-9(8)5-3-6-11-10/h2-7H,1H3,(H,11,12)/b4-2+. The fourth-order valence-corrected chi connectivity index (χ4v) is 1.29. The second-order valence-electron chi connectivity index (χ2n) is 2.64. The summed E-state index contributed by atoms with van der Waals surface area (Å²) in [6.45, 7) is 2.01. The van der Waals surface area contributed by atoms with Gasteiger partial charge in [0.25, 0.3) is 0 Å². The van der Waals surface area contributed by atoms with Crippen LogP contribution in [-0.2, 0) is 0 Å². The van der Waals surface area contributed by atoms with Gasteiger partial charge in [0.1, 0.15) is 5.65 Å². The van der Waals surface area contributed by atoms with Gasteiger partial charge in [-0.2, -0.15) is 0 Å². The highest BCUT2D eigenvalue weighted by Gasteiger charge is 1.98. The molecule has 12 heavy (non-hydrogen) atoms. The Kier molecular flexibility index (Phi) is 1.67. The molecule has 0 unspecified atom stereocenters. The van der Waals surface area contributed by atoms with E-state index in [0.717, 1.165) is 5.65 Å². The van der Waals surface area contributed by atoms with Crippen LogP contribution in [0.3, 0.4) is 0 Å². The molecule has 2 aromatic heterocycles. The van der Waals surface area contributed by atoms with Crippen molar-refractivity contribution in [2.45, 2.75) is 6.92 Å². The van der Waals surface area contributed by atoms with Gasteiger partial charge in [0, 0.05) is 23.3 Å². The number of nitrogens with one attached hydrogen (secondary N) is 1. The van der Waals surface area contributed by atoms with Crippen molar-refractivity contribution in [2.24, 2.45) is 0 Å². The van der Waals surface area contributed by atoms with Crippen molar-refractivity contribution in [1.29, 1.82) is 0 Å². The predicted molar refractivity (Wildman–Crippen MR) is 50.8 cm³/mol. The van der Waals surface area contributed by atoms with Crippen molar-refractivity contribution >= 4 is 17.1 Å². The van der Waals surface area contributed by atoms with Gasteiger partial charge in [-0.1, -0.05) is 12.2 Å². The maximum Gasteiger partial charge on any atom is 0.137 e. The Morgan fingerprint density at radius 3 is 3.25 bits per heavy atom. The lowest BCUT2D eigenvalue weighted by Crippen LogP contribution is -1.72. The Labute approximate surface area is 70.9 Å². The van der Waals surface area contributed by atoms with E-state index < -0.39 is 0 Å². The van der Waals surface area contributed by atoms with E-state index in [4.69, 9.17) is 0 Å². The van der Waals surface area contributed by atoms with Gasteiger partial charge in [0.15, 0.2) is 0 Å². The summed E-state index contributed by atoms with van der Waals surface area (Å²) < 4.78 is 0. The number of H-pyrrole nitrogens is 1. The number of pyridine rings is 1. The summed E-state index contributed by atoms with van der Waals surface area (Å²) in [6, 6.07) is 4.01. The number of aromatic nitrogens is 2. The minimum atomic E-state index is 0.950. The fourth-order valence-electron chi connectivity index (χ4n) is 1.29. The maximum atomic E-state index is 4.19. The Hall–Kier alpha value is -1.57. The topological polar surface area (TPSA) is 28.7 Å². The zero-order valence-corrected chi connectivity index (χ0v) is 6.91. The molecule has 2 heteroatoms. The van der Waals surface area contributed by atoms with Crippen LogP contribution in [-0.4, -0.2) is 9.97 Å². The Morgan fingerprint density at radius 2 is 2.42 bits per heavy atom. The summed E-state index contributed by atoms with van der Waals surface area (Å²) in [5.74, 6) is 0. The normalized spacial score (nSPS) is 11.4. The summed E-state index contributed by atoms with van der Waals surface area (Å²) in [4.78, 5) is 7.31. The third kappa shape index (κ3) is 1.01. The Bertz CT molecular complexity index is 412. The van der Waals surface area contributed by atoms with E-state index in [1.54, 1.807) is 6.20 Å². The number of hydrogen-bond acceptors (Lipinski definition) is 1. The van der Waals surface area contributed by atoms with E-state index in [9.17, 15) is 0 Å². The number of rotatable bonds is 1. The van der Waals surface area contributed by atoms with Gasteiger partial charge in [0.2, 0.25) is 0 Å². The summed E-state index contributed by atoms with van der Waals surface area (Å²) in [7, 11) is 0. The first-order valence-corrected chi connectivity index (χ1v) is 3.96. The number of hydrogen-bond donors (Lipinski definition) is 1. The van der Waals surface area contributed by atoms with Gasteiger partial charge in [-0.05, 0) is 19.1 Å². The minimum absolute atomic E-state index is 0.950. The second kappa shape index (κ2) is 2.81. The van der Waals surface area contributed by atoms with Crippen LogP contribution in [0, 0.1) is 0 Å². The molecule has 0 aromatic carbocycles. The predicted octanol–water partition coefficient (Wildman–Crippen LogP) is 2.60. The number of allylic oxidation sites excluding steroid dienone is 1. The van der Waals surface area contributed by atoms with E-state index in [-0.39, 0.29) is 0 Å². The van der Waals surface area contributed by atoms with Crippen LogP contribution in [0.2, 0.25) is 0 Å². The first-order valence-electron chi connectivity index (χ1n) is 3.96. The first-order chi connectivity index (χ1) is 5.92. The van der Waals surface area contributed by atoms with E-state index in [1.807, 2.05) is 25.3 Å². The van der Waals surface area contributed by atoms with Crippen LogP contribution in [0.25, 0.3) is 17.1 Å². The SMILES string of the molecule is C/C=C/c1c[nH]c2ncccc12. The lowest BCUT2D eigenvalue weighted by atomic mass is 10.2. The quantitative estimate of drug-likeness (QED) is 0.679. The van der Waals surface area contributed by atoms with Crippen LogP contribution >= 0.6 is 0 Å². The molecule has 2 rings (SSSR count). The molecule has 2 heterocycles. The molecule has 0 saturated heterocycles. The minimum Gasteiger partial charge on any atom is -0.346 e. The van der Waals surface area contributed by atoms with Crippen molar-refractivity contribution < 1.29 is 0 Å². The highest BCUT2D eigenvalue weighted by molar-refractivity contribution is 5.85. The average Bonchev–Trinajstić information content (AvgIpc) is 2.50.